The number of rotatable bonds is 7. The number of ether oxygens (including phenoxy) is 1. The van der Waals surface area contributed by atoms with Gasteiger partial charge in [-0.2, -0.15) is 0 Å². The SMILES string of the molecule is COc1ccccc1CCNC(=O)NCCC(C)=O. The number of amides is 2. The molecule has 0 radical (unpaired) electrons. The molecule has 0 fully saturated rings. The Morgan fingerprint density at radius 3 is 2.53 bits per heavy atom. The molecule has 1 aromatic rings. The van der Waals surface area contributed by atoms with Crippen LogP contribution in [0.1, 0.15) is 18.9 Å². The molecule has 0 aliphatic rings. The number of urea groups is 1. The van der Waals surface area contributed by atoms with Gasteiger partial charge in [0.2, 0.25) is 0 Å². The normalized spacial score (nSPS) is 9.79. The Balaban J connectivity index is 2.26. The van der Waals surface area contributed by atoms with Gasteiger partial charge in [0.15, 0.2) is 0 Å². The number of ketones is 1. The zero-order valence-corrected chi connectivity index (χ0v) is 11.4. The summed E-state index contributed by atoms with van der Waals surface area (Å²) in [4.78, 5) is 22.1. The van der Waals surface area contributed by atoms with Crippen molar-refractivity contribution in [1.29, 1.82) is 0 Å². The van der Waals surface area contributed by atoms with Crippen LogP contribution in [0.25, 0.3) is 0 Å². The molecule has 0 unspecified atom stereocenters. The quantitative estimate of drug-likeness (QED) is 0.784. The summed E-state index contributed by atoms with van der Waals surface area (Å²) in [5.41, 5.74) is 1.05. The third-order valence-corrected chi connectivity index (χ3v) is 2.64. The van der Waals surface area contributed by atoms with Gasteiger partial charge < -0.3 is 15.4 Å². The fraction of sp³-hybridized carbons (Fsp3) is 0.429. The van der Waals surface area contributed by atoms with Crippen LogP contribution in [0.15, 0.2) is 24.3 Å². The number of hydrogen-bond donors (Lipinski definition) is 2. The van der Waals surface area contributed by atoms with E-state index in [1.165, 1.54) is 6.92 Å². The highest BCUT2D eigenvalue weighted by Gasteiger charge is 2.03. The van der Waals surface area contributed by atoms with E-state index in [2.05, 4.69) is 10.6 Å². The average Bonchev–Trinajstić information content (AvgIpc) is 2.39. The van der Waals surface area contributed by atoms with Gasteiger partial charge in [-0.05, 0) is 25.0 Å². The van der Waals surface area contributed by atoms with Gasteiger partial charge >= 0.3 is 6.03 Å². The number of benzene rings is 1. The number of methoxy groups -OCH3 is 1. The lowest BCUT2D eigenvalue weighted by molar-refractivity contribution is -0.116. The van der Waals surface area contributed by atoms with Crippen molar-refractivity contribution in [2.45, 2.75) is 19.8 Å². The highest BCUT2D eigenvalue weighted by molar-refractivity contribution is 5.77. The number of nitrogens with one attached hydrogen (secondary N) is 2. The largest absolute Gasteiger partial charge is 0.496 e. The molecule has 0 atom stereocenters. The van der Waals surface area contributed by atoms with Crippen molar-refractivity contribution in [3.05, 3.63) is 29.8 Å². The van der Waals surface area contributed by atoms with Crippen LogP contribution in [-0.2, 0) is 11.2 Å². The zero-order chi connectivity index (χ0) is 14.1. The molecule has 0 bridgehead atoms. The van der Waals surface area contributed by atoms with Crippen molar-refractivity contribution >= 4 is 11.8 Å². The van der Waals surface area contributed by atoms with E-state index in [1.807, 2.05) is 24.3 Å². The van der Waals surface area contributed by atoms with Crippen molar-refractivity contribution in [3.8, 4) is 5.75 Å². The standard InChI is InChI=1S/C14H20N2O3/c1-11(17)7-9-15-14(18)16-10-8-12-5-3-4-6-13(12)19-2/h3-6H,7-10H2,1-2H3,(H2,15,16,18). The Kier molecular flexibility index (Phi) is 6.43. The van der Waals surface area contributed by atoms with Crippen LogP contribution in [0, 0.1) is 0 Å². The van der Waals surface area contributed by atoms with Gasteiger partial charge in [0, 0.05) is 19.5 Å². The van der Waals surface area contributed by atoms with Gasteiger partial charge in [-0.15, -0.1) is 0 Å². The van der Waals surface area contributed by atoms with Crippen molar-refractivity contribution in [2.24, 2.45) is 0 Å². The molecule has 0 aliphatic carbocycles. The summed E-state index contributed by atoms with van der Waals surface area (Å²) in [6.45, 7) is 2.39. The first-order chi connectivity index (χ1) is 9.13. The van der Waals surface area contributed by atoms with E-state index in [9.17, 15) is 9.59 Å². The molecular weight excluding hydrogens is 244 g/mol. The van der Waals surface area contributed by atoms with E-state index in [1.54, 1.807) is 7.11 Å². The lowest BCUT2D eigenvalue weighted by Gasteiger charge is -2.09. The van der Waals surface area contributed by atoms with Crippen LogP contribution in [0.2, 0.25) is 0 Å². The molecule has 5 heteroatoms. The molecule has 1 rings (SSSR count). The molecular formula is C14H20N2O3. The predicted molar refractivity (Wildman–Crippen MR) is 73.4 cm³/mol. The maximum atomic E-state index is 11.4. The van der Waals surface area contributed by atoms with Gasteiger partial charge in [0.1, 0.15) is 11.5 Å². The van der Waals surface area contributed by atoms with E-state index < -0.39 is 0 Å². The minimum Gasteiger partial charge on any atom is -0.496 e. The molecule has 2 amide bonds. The Morgan fingerprint density at radius 2 is 1.84 bits per heavy atom. The molecule has 5 nitrogen and oxygen atoms in total. The number of hydrogen-bond acceptors (Lipinski definition) is 3. The van der Waals surface area contributed by atoms with Crippen LogP contribution in [-0.4, -0.2) is 32.0 Å². The van der Waals surface area contributed by atoms with Gasteiger partial charge in [0.25, 0.3) is 0 Å². The number of carbonyl (C=O) groups excluding carboxylic acids is 2. The van der Waals surface area contributed by atoms with Crippen molar-refractivity contribution in [3.63, 3.8) is 0 Å². The second-order valence-corrected chi connectivity index (χ2v) is 4.20. The lowest BCUT2D eigenvalue weighted by atomic mass is 10.1. The van der Waals surface area contributed by atoms with Crippen molar-refractivity contribution in [2.75, 3.05) is 20.2 Å². The smallest absolute Gasteiger partial charge is 0.314 e. The first kappa shape index (κ1) is 15.0. The first-order valence-corrected chi connectivity index (χ1v) is 6.26. The summed E-state index contributed by atoms with van der Waals surface area (Å²) in [5.74, 6) is 0.885. The molecule has 1 aromatic carbocycles. The van der Waals surface area contributed by atoms with Gasteiger partial charge in [-0.25, -0.2) is 4.79 Å². The molecule has 2 N–H and O–H groups in total. The molecule has 0 aliphatic heterocycles. The minimum atomic E-state index is -0.254. The third kappa shape index (κ3) is 5.90. The Bertz CT molecular complexity index is 432. The van der Waals surface area contributed by atoms with Gasteiger partial charge in [-0.1, -0.05) is 18.2 Å². The molecule has 0 aromatic heterocycles. The maximum absolute atomic E-state index is 11.4. The van der Waals surface area contributed by atoms with E-state index >= 15 is 0 Å². The van der Waals surface area contributed by atoms with Crippen molar-refractivity contribution in [1.82, 2.24) is 10.6 Å². The fourth-order valence-electron chi connectivity index (χ4n) is 1.63. The molecule has 0 saturated heterocycles. The zero-order valence-electron chi connectivity index (χ0n) is 11.4. The summed E-state index contributed by atoms with van der Waals surface area (Å²) in [7, 11) is 1.63. The summed E-state index contributed by atoms with van der Waals surface area (Å²) in [6, 6.07) is 7.45. The van der Waals surface area contributed by atoms with Crippen LogP contribution < -0.4 is 15.4 Å². The van der Waals surface area contributed by atoms with Gasteiger partial charge in [-0.3, -0.25) is 4.79 Å². The molecule has 0 heterocycles. The van der Waals surface area contributed by atoms with Crippen molar-refractivity contribution < 1.29 is 14.3 Å². The highest BCUT2D eigenvalue weighted by atomic mass is 16.5. The van der Waals surface area contributed by atoms with E-state index in [-0.39, 0.29) is 11.8 Å². The Morgan fingerprint density at radius 1 is 1.16 bits per heavy atom. The predicted octanol–water partition coefficient (Wildman–Crippen LogP) is 1.52. The van der Waals surface area contributed by atoms with Gasteiger partial charge in [0.05, 0.1) is 7.11 Å². The summed E-state index contributed by atoms with van der Waals surface area (Å²) < 4.78 is 5.23. The second kappa shape index (κ2) is 8.13. The lowest BCUT2D eigenvalue weighted by Crippen LogP contribution is -2.37. The Labute approximate surface area is 113 Å². The van der Waals surface area contributed by atoms with Crippen LogP contribution in [0.4, 0.5) is 4.79 Å². The number of Topliss-reactive ketones (excluding diaryl/α,β-unsaturated/α-hetero) is 1. The monoisotopic (exact) mass is 264 g/mol. The number of carbonyl (C=O) groups is 2. The van der Waals surface area contributed by atoms with Crippen LogP contribution in [0.5, 0.6) is 5.75 Å². The van der Waals surface area contributed by atoms with E-state index in [4.69, 9.17) is 4.74 Å². The molecule has 19 heavy (non-hydrogen) atoms. The average molecular weight is 264 g/mol. The molecule has 0 spiro atoms. The molecule has 104 valence electrons. The number of para-hydroxylation sites is 1. The summed E-state index contributed by atoms with van der Waals surface area (Å²) in [6.07, 6.45) is 1.06. The second-order valence-electron chi connectivity index (χ2n) is 4.20. The molecule has 0 saturated carbocycles. The topological polar surface area (TPSA) is 67.4 Å². The Hall–Kier alpha value is -2.04. The summed E-state index contributed by atoms with van der Waals surface area (Å²) >= 11 is 0. The third-order valence-electron chi connectivity index (χ3n) is 2.64. The minimum absolute atomic E-state index is 0.0642. The van der Waals surface area contributed by atoms with E-state index in [0.29, 0.717) is 25.9 Å². The van der Waals surface area contributed by atoms with Crippen LogP contribution in [0.3, 0.4) is 0 Å². The fourth-order valence-corrected chi connectivity index (χ4v) is 1.63. The van der Waals surface area contributed by atoms with E-state index in [0.717, 1.165) is 11.3 Å². The van der Waals surface area contributed by atoms with Crippen LogP contribution >= 0.6 is 0 Å². The summed E-state index contributed by atoms with van der Waals surface area (Å²) in [5, 5.41) is 5.37. The highest BCUT2D eigenvalue weighted by Crippen LogP contribution is 2.17. The maximum Gasteiger partial charge on any atom is 0.314 e. The first-order valence-electron chi connectivity index (χ1n) is 6.26.